The molecule has 0 aliphatic carbocycles. The van der Waals surface area contributed by atoms with E-state index in [-0.39, 0.29) is 12.6 Å². The van der Waals surface area contributed by atoms with Gasteiger partial charge in [-0.05, 0) is 5.56 Å². The fraction of sp³-hybridized carbons (Fsp3) is 0.455. The highest BCUT2D eigenvalue weighted by Crippen LogP contribution is 2.13. The van der Waals surface area contributed by atoms with E-state index >= 15 is 0 Å². The third-order valence-electron chi connectivity index (χ3n) is 2.60. The Labute approximate surface area is 84.1 Å². The monoisotopic (exact) mass is 192 g/mol. The molecular formula is C11H16N2O. The summed E-state index contributed by atoms with van der Waals surface area (Å²) in [6.07, 6.45) is 0. The molecule has 1 aromatic rings. The molecule has 0 unspecified atom stereocenters. The number of aliphatic hydroxyl groups is 1. The van der Waals surface area contributed by atoms with Gasteiger partial charge in [0.05, 0.1) is 12.6 Å². The summed E-state index contributed by atoms with van der Waals surface area (Å²) in [6, 6.07) is 10.6. The minimum atomic E-state index is 0.0725. The quantitative estimate of drug-likeness (QED) is 0.642. The van der Waals surface area contributed by atoms with Crippen LogP contribution in [0.15, 0.2) is 30.3 Å². The first-order valence-corrected chi connectivity index (χ1v) is 5.02. The molecule has 1 aromatic carbocycles. The first-order chi connectivity index (χ1) is 6.90. The van der Waals surface area contributed by atoms with Crippen LogP contribution >= 0.6 is 0 Å². The Morgan fingerprint density at radius 1 is 1.36 bits per heavy atom. The minimum Gasteiger partial charge on any atom is -0.394 e. The Kier molecular flexibility index (Phi) is 3.14. The molecule has 0 bridgehead atoms. The smallest absolute Gasteiger partial charge is 0.0626 e. The van der Waals surface area contributed by atoms with Gasteiger partial charge in [0.2, 0.25) is 0 Å². The Morgan fingerprint density at radius 2 is 2.07 bits per heavy atom. The molecule has 1 aliphatic rings. The van der Waals surface area contributed by atoms with Crippen molar-refractivity contribution in [2.45, 2.75) is 12.1 Å². The number of rotatable bonds is 4. The summed E-state index contributed by atoms with van der Waals surface area (Å²) in [5.74, 6) is 0. The molecule has 0 saturated carbocycles. The Balaban J connectivity index is 1.98. The van der Waals surface area contributed by atoms with Gasteiger partial charge in [0.15, 0.2) is 0 Å². The van der Waals surface area contributed by atoms with Crippen molar-refractivity contribution in [3.8, 4) is 0 Å². The van der Waals surface area contributed by atoms with Crippen LogP contribution in [0.5, 0.6) is 0 Å². The molecule has 3 nitrogen and oxygen atoms in total. The van der Waals surface area contributed by atoms with Crippen molar-refractivity contribution in [2.75, 3.05) is 19.7 Å². The molecule has 2 rings (SSSR count). The summed E-state index contributed by atoms with van der Waals surface area (Å²) < 4.78 is 0. The maximum atomic E-state index is 9.27. The third kappa shape index (κ3) is 2.12. The lowest BCUT2D eigenvalue weighted by molar-refractivity contribution is 0.217. The van der Waals surface area contributed by atoms with Crippen molar-refractivity contribution in [1.29, 1.82) is 0 Å². The molecule has 0 aromatic heterocycles. The normalized spacial score (nSPS) is 18.9. The van der Waals surface area contributed by atoms with Crippen LogP contribution in [0.2, 0.25) is 0 Å². The van der Waals surface area contributed by atoms with Crippen molar-refractivity contribution >= 4 is 0 Å². The molecule has 0 amide bonds. The standard InChI is InChI=1S/C11H16N2O/c14-8-11(13-10-6-12-7-10)9-4-2-1-3-5-9/h1-5,10-14H,6-8H2/t11-/m0/s1. The summed E-state index contributed by atoms with van der Waals surface area (Å²) in [4.78, 5) is 0. The van der Waals surface area contributed by atoms with E-state index in [0.717, 1.165) is 18.7 Å². The van der Waals surface area contributed by atoms with Crippen molar-refractivity contribution in [2.24, 2.45) is 0 Å². The fourth-order valence-electron chi connectivity index (χ4n) is 1.63. The van der Waals surface area contributed by atoms with Gasteiger partial charge in [-0.15, -0.1) is 0 Å². The number of hydrogen-bond donors (Lipinski definition) is 3. The highest BCUT2D eigenvalue weighted by atomic mass is 16.3. The Bertz CT molecular complexity index is 272. The van der Waals surface area contributed by atoms with Crippen LogP contribution in [0.4, 0.5) is 0 Å². The zero-order chi connectivity index (χ0) is 9.80. The molecule has 1 aliphatic heterocycles. The second-order valence-corrected chi connectivity index (χ2v) is 3.67. The van der Waals surface area contributed by atoms with Gasteiger partial charge in [0, 0.05) is 19.1 Å². The average Bonchev–Trinajstić information content (AvgIpc) is 2.18. The van der Waals surface area contributed by atoms with Crippen molar-refractivity contribution < 1.29 is 5.11 Å². The predicted octanol–water partition coefficient (Wildman–Crippen LogP) is 0.281. The second kappa shape index (κ2) is 4.55. The maximum Gasteiger partial charge on any atom is 0.0626 e. The lowest BCUT2D eigenvalue weighted by Crippen LogP contribution is -2.56. The summed E-state index contributed by atoms with van der Waals surface area (Å²) >= 11 is 0. The lowest BCUT2D eigenvalue weighted by Gasteiger charge is -2.32. The van der Waals surface area contributed by atoms with Gasteiger partial charge in [0.25, 0.3) is 0 Å². The van der Waals surface area contributed by atoms with Crippen molar-refractivity contribution in [3.63, 3.8) is 0 Å². The molecule has 14 heavy (non-hydrogen) atoms. The number of nitrogens with one attached hydrogen (secondary N) is 2. The van der Waals surface area contributed by atoms with Crippen LogP contribution < -0.4 is 10.6 Å². The molecule has 0 radical (unpaired) electrons. The van der Waals surface area contributed by atoms with E-state index in [4.69, 9.17) is 0 Å². The maximum absolute atomic E-state index is 9.27. The molecule has 0 spiro atoms. The van der Waals surface area contributed by atoms with Gasteiger partial charge in [-0.1, -0.05) is 30.3 Å². The lowest BCUT2D eigenvalue weighted by atomic mass is 10.0. The zero-order valence-electron chi connectivity index (χ0n) is 8.11. The number of benzene rings is 1. The van der Waals surface area contributed by atoms with E-state index in [1.165, 1.54) is 0 Å². The number of hydrogen-bond acceptors (Lipinski definition) is 3. The summed E-state index contributed by atoms with van der Waals surface area (Å²) in [7, 11) is 0. The molecule has 1 heterocycles. The summed E-state index contributed by atoms with van der Waals surface area (Å²) in [6.45, 7) is 2.16. The highest BCUT2D eigenvalue weighted by Gasteiger charge is 2.20. The van der Waals surface area contributed by atoms with E-state index in [2.05, 4.69) is 10.6 Å². The van der Waals surface area contributed by atoms with Gasteiger partial charge < -0.3 is 15.7 Å². The van der Waals surface area contributed by atoms with Crippen LogP contribution in [-0.4, -0.2) is 30.8 Å². The fourth-order valence-corrected chi connectivity index (χ4v) is 1.63. The molecule has 3 N–H and O–H groups in total. The topological polar surface area (TPSA) is 44.3 Å². The molecular weight excluding hydrogens is 176 g/mol. The Hall–Kier alpha value is -0.900. The molecule has 1 fully saturated rings. The van der Waals surface area contributed by atoms with Gasteiger partial charge in [-0.2, -0.15) is 0 Å². The molecule has 3 heteroatoms. The van der Waals surface area contributed by atoms with Crippen LogP contribution in [0.3, 0.4) is 0 Å². The SMILES string of the molecule is OC[C@H](NC1CNC1)c1ccccc1. The predicted molar refractivity (Wildman–Crippen MR) is 56.1 cm³/mol. The van der Waals surface area contributed by atoms with Gasteiger partial charge in [0.1, 0.15) is 0 Å². The largest absolute Gasteiger partial charge is 0.394 e. The summed E-state index contributed by atoms with van der Waals surface area (Å²) in [5, 5.41) is 15.9. The van der Waals surface area contributed by atoms with Crippen LogP contribution in [-0.2, 0) is 0 Å². The molecule has 1 atom stereocenters. The average molecular weight is 192 g/mol. The van der Waals surface area contributed by atoms with E-state index in [1.54, 1.807) is 0 Å². The minimum absolute atomic E-state index is 0.0725. The van der Waals surface area contributed by atoms with Crippen LogP contribution in [0.1, 0.15) is 11.6 Å². The molecule has 1 saturated heterocycles. The first kappa shape index (κ1) is 9.65. The molecule has 76 valence electrons. The first-order valence-electron chi connectivity index (χ1n) is 5.02. The second-order valence-electron chi connectivity index (χ2n) is 3.67. The van der Waals surface area contributed by atoms with E-state index < -0.39 is 0 Å². The van der Waals surface area contributed by atoms with Crippen LogP contribution in [0, 0.1) is 0 Å². The van der Waals surface area contributed by atoms with E-state index in [0.29, 0.717) is 6.04 Å². The van der Waals surface area contributed by atoms with Gasteiger partial charge >= 0.3 is 0 Å². The van der Waals surface area contributed by atoms with Gasteiger partial charge in [-0.25, -0.2) is 0 Å². The van der Waals surface area contributed by atoms with Crippen molar-refractivity contribution in [3.05, 3.63) is 35.9 Å². The zero-order valence-corrected chi connectivity index (χ0v) is 8.11. The third-order valence-corrected chi connectivity index (χ3v) is 2.60. The summed E-state index contributed by atoms with van der Waals surface area (Å²) in [5.41, 5.74) is 1.15. The highest BCUT2D eigenvalue weighted by molar-refractivity contribution is 5.19. The number of aliphatic hydroxyl groups excluding tert-OH is 1. The Morgan fingerprint density at radius 3 is 2.57 bits per heavy atom. The van der Waals surface area contributed by atoms with Crippen LogP contribution in [0.25, 0.3) is 0 Å². The van der Waals surface area contributed by atoms with E-state index in [1.807, 2.05) is 30.3 Å². The van der Waals surface area contributed by atoms with E-state index in [9.17, 15) is 5.11 Å². The van der Waals surface area contributed by atoms with Crippen molar-refractivity contribution in [1.82, 2.24) is 10.6 Å². The van der Waals surface area contributed by atoms with Gasteiger partial charge in [-0.3, -0.25) is 0 Å².